The zero-order valence-corrected chi connectivity index (χ0v) is 15.1. The zero-order chi connectivity index (χ0) is 17.9. The van der Waals surface area contributed by atoms with E-state index in [0.717, 1.165) is 35.5 Å². The van der Waals surface area contributed by atoms with Crippen molar-refractivity contribution in [2.24, 2.45) is 7.05 Å². The first-order chi connectivity index (χ1) is 12.7. The van der Waals surface area contributed by atoms with E-state index in [1.54, 1.807) is 0 Å². The molecular weight excluding hydrogens is 320 g/mol. The summed E-state index contributed by atoms with van der Waals surface area (Å²) >= 11 is 0. The number of rotatable bonds is 5. The van der Waals surface area contributed by atoms with Crippen molar-refractivity contribution in [3.8, 4) is 0 Å². The van der Waals surface area contributed by atoms with E-state index in [1.807, 2.05) is 24.1 Å². The summed E-state index contributed by atoms with van der Waals surface area (Å²) in [5.41, 5.74) is 5.80. The Balaban J connectivity index is 1.67. The number of aryl methyl sites for hydroxylation is 1. The van der Waals surface area contributed by atoms with Gasteiger partial charge in [-0.2, -0.15) is 0 Å². The molecule has 0 radical (unpaired) electrons. The minimum Gasteiger partial charge on any atom is -0.334 e. The van der Waals surface area contributed by atoms with Crippen LogP contribution in [0.25, 0.3) is 11.0 Å². The molecule has 0 atom stereocenters. The first-order valence-electron chi connectivity index (χ1n) is 8.92. The van der Waals surface area contributed by atoms with Gasteiger partial charge in [-0.3, -0.25) is 0 Å². The van der Waals surface area contributed by atoms with E-state index >= 15 is 0 Å². The standard InChI is InChI=1S/C22H22N4/c1-3-26(22-14-21-20(15-23-22)24-16-25(21)2)19-11-7-10-18(13-19)12-17-8-5-4-6-9-17/h4-11,13-16H,3,12H2,1-2H3. The van der Waals surface area contributed by atoms with E-state index in [1.165, 1.54) is 11.1 Å². The lowest BCUT2D eigenvalue weighted by molar-refractivity contribution is 0.943. The fraction of sp³-hybridized carbons (Fsp3) is 0.182. The maximum atomic E-state index is 4.63. The number of anilines is 2. The van der Waals surface area contributed by atoms with Gasteiger partial charge in [0.2, 0.25) is 0 Å². The van der Waals surface area contributed by atoms with E-state index in [2.05, 4.69) is 82.5 Å². The molecule has 2 aromatic heterocycles. The zero-order valence-electron chi connectivity index (χ0n) is 15.1. The van der Waals surface area contributed by atoms with E-state index in [4.69, 9.17) is 0 Å². The summed E-state index contributed by atoms with van der Waals surface area (Å²) in [6, 6.07) is 21.4. The van der Waals surface area contributed by atoms with Crippen molar-refractivity contribution in [2.75, 3.05) is 11.4 Å². The van der Waals surface area contributed by atoms with E-state index in [-0.39, 0.29) is 0 Å². The Morgan fingerprint density at radius 2 is 1.73 bits per heavy atom. The molecule has 0 aliphatic heterocycles. The average Bonchev–Trinajstić information content (AvgIpc) is 3.04. The maximum absolute atomic E-state index is 4.63. The molecule has 4 aromatic rings. The lowest BCUT2D eigenvalue weighted by atomic mass is 10.0. The Bertz CT molecular complexity index is 1020. The third kappa shape index (κ3) is 3.18. The van der Waals surface area contributed by atoms with Crippen molar-refractivity contribution in [1.29, 1.82) is 0 Å². The number of benzene rings is 2. The smallest absolute Gasteiger partial charge is 0.135 e. The molecule has 0 saturated carbocycles. The van der Waals surface area contributed by atoms with Gasteiger partial charge < -0.3 is 9.47 Å². The predicted molar refractivity (Wildman–Crippen MR) is 107 cm³/mol. The van der Waals surface area contributed by atoms with Gasteiger partial charge in [-0.1, -0.05) is 42.5 Å². The first kappa shape index (κ1) is 16.3. The van der Waals surface area contributed by atoms with Crippen molar-refractivity contribution in [3.63, 3.8) is 0 Å². The van der Waals surface area contributed by atoms with Gasteiger partial charge in [0.25, 0.3) is 0 Å². The highest BCUT2D eigenvalue weighted by molar-refractivity contribution is 5.78. The highest BCUT2D eigenvalue weighted by Gasteiger charge is 2.11. The van der Waals surface area contributed by atoms with E-state index in [9.17, 15) is 0 Å². The molecule has 0 aliphatic carbocycles. The lowest BCUT2D eigenvalue weighted by Gasteiger charge is -2.23. The van der Waals surface area contributed by atoms with Crippen LogP contribution in [0.4, 0.5) is 11.5 Å². The van der Waals surface area contributed by atoms with Crippen molar-refractivity contribution >= 4 is 22.5 Å². The largest absolute Gasteiger partial charge is 0.334 e. The van der Waals surface area contributed by atoms with Gasteiger partial charge in [0.1, 0.15) is 11.3 Å². The number of fused-ring (bicyclic) bond motifs is 1. The van der Waals surface area contributed by atoms with E-state index < -0.39 is 0 Å². The first-order valence-corrected chi connectivity index (χ1v) is 8.92. The van der Waals surface area contributed by atoms with Gasteiger partial charge >= 0.3 is 0 Å². The van der Waals surface area contributed by atoms with Crippen LogP contribution in [0.1, 0.15) is 18.1 Å². The third-order valence-corrected chi connectivity index (χ3v) is 4.66. The van der Waals surface area contributed by atoms with Gasteiger partial charge in [0.05, 0.1) is 18.0 Å². The van der Waals surface area contributed by atoms with Crippen LogP contribution in [0.15, 0.2) is 73.2 Å². The molecule has 0 bridgehead atoms. The molecule has 0 N–H and O–H groups in total. The summed E-state index contributed by atoms with van der Waals surface area (Å²) in [7, 11) is 2.01. The Hall–Kier alpha value is -3.14. The van der Waals surface area contributed by atoms with Gasteiger partial charge in [-0.05, 0) is 36.6 Å². The van der Waals surface area contributed by atoms with Crippen LogP contribution in [0.3, 0.4) is 0 Å². The quantitative estimate of drug-likeness (QED) is 0.526. The summed E-state index contributed by atoms with van der Waals surface area (Å²) < 4.78 is 2.03. The Labute approximate surface area is 153 Å². The molecule has 130 valence electrons. The topological polar surface area (TPSA) is 34.0 Å². The lowest BCUT2D eigenvalue weighted by Crippen LogP contribution is -2.17. The van der Waals surface area contributed by atoms with Crippen LogP contribution in [0.5, 0.6) is 0 Å². The minimum atomic E-state index is 0.852. The third-order valence-electron chi connectivity index (χ3n) is 4.66. The summed E-state index contributed by atoms with van der Waals surface area (Å²) in [5, 5.41) is 0. The second-order valence-electron chi connectivity index (χ2n) is 6.46. The van der Waals surface area contributed by atoms with Crippen LogP contribution in [-0.4, -0.2) is 21.1 Å². The second kappa shape index (κ2) is 7.00. The average molecular weight is 342 g/mol. The number of hydrogen-bond acceptors (Lipinski definition) is 3. The number of nitrogens with zero attached hydrogens (tertiary/aromatic N) is 4. The Kier molecular flexibility index (Phi) is 4.40. The Morgan fingerprint density at radius 1 is 0.923 bits per heavy atom. The van der Waals surface area contributed by atoms with Gasteiger partial charge in [0.15, 0.2) is 0 Å². The highest BCUT2D eigenvalue weighted by Crippen LogP contribution is 2.27. The van der Waals surface area contributed by atoms with Crippen LogP contribution in [-0.2, 0) is 13.5 Å². The maximum Gasteiger partial charge on any atom is 0.135 e. The van der Waals surface area contributed by atoms with Crippen LogP contribution in [0.2, 0.25) is 0 Å². The summed E-state index contributed by atoms with van der Waals surface area (Å²) in [5.74, 6) is 0.945. The fourth-order valence-electron chi connectivity index (χ4n) is 3.31. The van der Waals surface area contributed by atoms with Crippen LogP contribution >= 0.6 is 0 Å². The predicted octanol–water partition coefficient (Wildman–Crippen LogP) is 4.72. The molecule has 26 heavy (non-hydrogen) atoms. The molecule has 0 amide bonds. The number of aromatic nitrogens is 3. The normalized spacial score (nSPS) is 11.0. The van der Waals surface area contributed by atoms with Gasteiger partial charge in [-0.25, -0.2) is 9.97 Å². The molecule has 4 heteroatoms. The molecule has 0 saturated heterocycles. The summed E-state index contributed by atoms with van der Waals surface area (Å²) in [4.78, 5) is 11.2. The summed E-state index contributed by atoms with van der Waals surface area (Å²) in [6.45, 7) is 3.00. The highest BCUT2D eigenvalue weighted by atomic mass is 15.2. The molecule has 4 rings (SSSR count). The molecule has 0 unspecified atom stereocenters. The Morgan fingerprint density at radius 3 is 2.54 bits per heavy atom. The van der Waals surface area contributed by atoms with Gasteiger partial charge in [0, 0.05) is 25.3 Å². The van der Waals surface area contributed by atoms with Crippen LogP contribution < -0.4 is 4.90 Å². The monoisotopic (exact) mass is 342 g/mol. The second-order valence-corrected chi connectivity index (χ2v) is 6.46. The molecule has 2 aromatic carbocycles. The van der Waals surface area contributed by atoms with Crippen molar-refractivity contribution in [2.45, 2.75) is 13.3 Å². The molecular formula is C22H22N4. The van der Waals surface area contributed by atoms with Crippen molar-refractivity contribution in [3.05, 3.63) is 84.3 Å². The molecule has 0 aliphatic rings. The molecule has 2 heterocycles. The summed E-state index contributed by atoms with van der Waals surface area (Å²) in [6.07, 6.45) is 4.61. The molecule has 0 spiro atoms. The van der Waals surface area contributed by atoms with E-state index in [0.29, 0.717) is 0 Å². The SMILES string of the molecule is CCN(c1cccc(Cc2ccccc2)c1)c1cc2c(cn1)ncn2C. The van der Waals surface area contributed by atoms with Crippen molar-refractivity contribution in [1.82, 2.24) is 14.5 Å². The molecule has 0 fully saturated rings. The van der Waals surface area contributed by atoms with Gasteiger partial charge in [-0.15, -0.1) is 0 Å². The fourth-order valence-corrected chi connectivity index (χ4v) is 3.31. The number of hydrogen-bond donors (Lipinski definition) is 0. The van der Waals surface area contributed by atoms with Crippen LogP contribution in [0, 0.1) is 0 Å². The van der Waals surface area contributed by atoms with Crippen molar-refractivity contribution < 1.29 is 0 Å². The minimum absolute atomic E-state index is 0.852. The number of imidazole rings is 1. The molecule has 4 nitrogen and oxygen atoms in total. The number of pyridine rings is 1.